The van der Waals surface area contributed by atoms with Crippen molar-refractivity contribution in [3.63, 3.8) is 0 Å². The maximum absolute atomic E-state index is 12.5. The summed E-state index contributed by atoms with van der Waals surface area (Å²) < 4.78 is 43.0. The van der Waals surface area contributed by atoms with Gasteiger partial charge in [-0.3, -0.25) is 14.6 Å². The van der Waals surface area contributed by atoms with E-state index in [-0.39, 0.29) is 0 Å². The second kappa shape index (κ2) is 5.99. The lowest BCUT2D eigenvalue weighted by molar-refractivity contribution is -0.141. The number of fused-ring (bicyclic) bond motifs is 1. The van der Waals surface area contributed by atoms with E-state index < -0.39 is 34.9 Å². The lowest BCUT2D eigenvalue weighted by Gasteiger charge is -2.25. The molecule has 24 heavy (non-hydrogen) atoms. The van der Waals surface area contributed by atoms with Crippen LogP contribution < -0.4 is 15.6 Å². The molecule has 2 aromatic rings. The van der Waals surface area contributed by atoms with Gasteiger partial charge in [-0.05, 0) is 24.3 Å². The number of hydrogen-bond donors (Lipinski definition) is 2. The van der Waals surface area contributed by atoms with Gasteiger partial charge in [0.25, 0.3) is 11.5 Å². The molecule has 0 radical (unpaired) electrons. The number of halogens is 3. The summed E-state index contributed by atoms with van der Waals surface area (Å²) in [5.41, 5.74) is -2.19. The van der Waals surface area contributed by atoms with E-state index in [4.69, 9.17) is 4.74 Å². The van der Waals surface area contributed by atoms with Crippen molar-refractivity contribution in [2.75, 3.05) is 6.61 Å². The first-order chi connectivity index (χ1) is 11.4. The number of nitrogens with one attached hydrogen (secondary N) is 2. The predicted molar refractivity (Wildman–Crippen MR) is 76.6 cm³/mol. The Morgan fingerprint density at radius 1 is 1.33 bits per heavy atom. The van der Waals surface area contributed by atoms with Gasteiger partial charge in [0.15, 0.2) is 0 Å². The molecule has 9 heteroatoms. The molecule has 0 spiro atoms. The highest BCUT2D eigenvalue weighted by Gasteiger charge is 2.32. The number of aromatic nitrogens is 2. The standard InChI is InChI=1S/C15H12F3N3O3/c16-15(17,18)11-4-3-8(14(23)21-11)13(22)20-9-5-7-24-10-2-1-6-19-12(9)10/h1-4,6,9H,5,7H2,(H,20,22)(H,21,23). The number of hydrogen-bond acceptors (Lipinski definition) is 4. The molecular weight excluding hydrogens is 327 g/mol. The monoisotopic (exact) mass is 339 g/mol. The Balaban J connectivity index is 1.83. The van der Waals surface area contributed by atoms with Gasteiger partial charge in [0.2, 0.25) is 0 Å². The molecule has 1 atom stereocenters. The molecule has 2 N–H and O–H groups in total. The van der Waals surface area contributed by atoms with E-state index in [1.54, 1.807) is 17.1 Å². The Hall–Kier alpha value is -2.84. The van der Waals surface area contributed by atoms with Gasteiger partial charge in [-0.1, -0.05) is 0 Å². The number of carbonyl (C=O) groups excluding carboxylic acids is 1. The maximum Gasteiger partial charge on any atom is 0.431 e. The van der Waals surface area contributed by atoms with Gasteiger partial charge in [0, 0.05) is 12.6 Å². The SMILES string of the molecule is O=C(NC1CCOc2cccnc21)c1ccc(C(F)(F)F)[nH]c1=O. The van der Waals surface area contributed by atoms with E-state index in [2.05, 4.69) is 10.3 Å². The van der Waals surface area contributed by atoms with Crippen LogP contribution in [0.4, 0.5) is 13.2 Å². The Kier molecular flexibility index (Phi) is 4.00. The minimum absolute atomic E-state index is 0.354. The van der Waals surface area contributed by atoms with E-state index in [0.717, 1.165) is 6.07 Å². The third kappa shape index (κ3) is 3.10. The number of pyridine rings is 2. The first-order valence-corrected chi connectivity index (χ1v) is 7.05. The molecular formula is C15H12F3N3O3. The molecule has 3 heterocycles. The molecule has 1 aliphatic heterocycles. The molecule has 0 fully saturated rings. The van der Waals surface area contributed by atoms with Gasteiger partial charge >= 0.3 is 6.18 Å². The quantitative estimate of drug-likeness (QED) is 0.877. The van der Waals surface area contributed by atoms with Crippen molar-refractivity contribution >= 4 is 5.91 Å². The fraction of sp³-hybridized carbons (Fsp3) is 0.267. The zero-order valence-corrected chi connectivity index (χ0v) is 12.2. The molecule has 1 unspecified atom stereocenters. The average molecular weight is 339 g/mol. The molecule has 0 aliphatic carbocycles. The largest absolute Gasteiger partial charge is 0.491 e. The van der Waals surface area contributed by atoms with Crippen molar-refractivity contribution in [3.05, 3.63) is 57.8 Å². The van der Waals surface area contributed by atoms with Crippen LogP contribution in [0.15, 0.2) is 35.3 Å². The summed E-state index contributed by atoms with van der Waals surface area (Å²) in [5.74, 6) is -0.246. The lowest BCUT2D eigenvalue weighted by Crippen LogP contribution is -2.36. The number of nitrogens with zero attached hydrogens (tertiary/aromatic N) is 1. The highest BCUT2D eigenvalue weighted by Crippen LogP contribution is 2.30. The number of rotatable bonds is 2. The first kappa shape index (κ1) is 16.0. The fourth-order valence-corrected chi connectivity index (χ4v) is 2.40. The Bertz CT molecular complexity index is 832. The molecule has 0 saturated carbocycles. The molecule has 1 amide bonds. The minimum atomic E-state index is -4.68. The first-order valence-electron chi connectivity index (χ1n) is 7.05. The second-order valence-corrected chi connectivity index (χ2v) is 5.16. The van der Waals surface area contributed by atoms with Gasteiger partial charge in [-0.15, -0.1) is 0 Å². The number of ether oxygens (including phenoxy) is 1. The number of aromatic amines is 1. The van der Waals surface area contributed by atoms with Crippen LogP contribution in [0.25, 0.3) is 0 Å². The minimum Gasteiger partial charge on any atom is -0.491 e. The van der Waals surface area contributed by atoms with Gasteiger partial charge < -0.3 is 15.0 Å². The summed E-state index contributed by atoms with van der Waals surface area (Å²) in [6, 6.07) is 4.42. The van der Waals surface area contributed by atoms with Crippen molar-refractivity contribution in [2.24, 2.45) is 0 Å². The van der Waals surface area contributed by atoms with Crippen LogP contribution >= 0.6 is 0 Å². The topological polar surface area (TPSA) is 84.1 Å². The maximum atomic E-state index is 12.5. The van der Waals surface area contributed by atoms with Crippen LogP contribution in [0.5, 0.6) is 5.75 Å². The molecule has 3 rings (SSSR count). The van der Waals surface area contributed by atoms with E-state index in [1.807, 2.05) is 0 Å². The highest BCUT2D eigenvalue weighted by atomic mass is 19.4. The van der Waals surface area contributed by atoms with Crippen LogP contribution in [0.1, 0.15) is 34.2 Å². The van der Waals surface area contributed by atoms with Gasteiger partial charge in [-0.25, -0.2) is 0 Å². The Morgan fingerprint density at radius 2 is 2.12 bits per heavy atom. The zero-order chi connectivity index (χ0) is 17.3. The summed E-state index contributed by atoms with van der Waals surface area (Å²) in [7, 11) is 0. The van der Waals surface area contributed by atoms with E-state index in [1.165, 1.54) is 6.20 Å². The highest BCUT2D eigenvalue weighted by molar-refractivity contribution is 5.94. The second-order valence-electron chi connectivity index (χ2n) is 5.16. The van der Waals surface area contributed by atoms with Crippen LogP contribution in [-0.4, -0.2) is 22.5 Å². The van der Waals surface area contributed by atoms with Crippen LogP contribution in [0, 0.1) is 0 Å². The molecule has 0 bridgehead atoms. The van der Waals surface area contributed by atoms with Gasteiger partial charge in [-0.2, -0.15) is 13.2 Å². The summed E-state index contributed by atoms with van der Waals surface area (Å²) >= 11 is 0. The molecule has 0 saturated heterocycles. The Labute approximate surface area is 133 Å². The van der Waals surface area contributed by atoms with Crippen LogP contribution in [0.3, 0.4) is 0 Å². The van der Waals surface area contributed by atoms with E-state index in [9.17, 15) is 22.8 Å². The van der Waals surface area contributed by atoms with E-state index >= 15 is 0 Å². The van der Waals surface area contributed by atoms with Crippen LogP contribution in [-0.2, 0) is 6.18 Å². The summed E-state index contributed by atoms with van der Waals surface area (Å²) in [5, 5.41) is 2.61. The molecule has 1 aliphatic rings. The van der Waals surface area contributed by atoms with Gasteiger partial charge in [0.05, 0.1) is 12.6 Å². The summed E-state index contributed by atoms with van der Waals surface area (Å²) in [6.07, 6.45) is -2.70. The normalized spacial score (nSPS) is 16.9. The zero-order valence-electron chi connectivity index (χ0n) is 12.2. The van der Waals surface area contributed by atoms with Gasteiger partial charge in [0.1, 0.15) is 22.7 Å². The third-order valence-corrected chi connectivity index (χ3v) is 3.56. The summed E-state index contributed by atoms with van der Waals surface area (Å²) in [4.78, 5) is 29.8. The number of alkyl halides is 3. The van der Waals surface area contributed by atoms with Crippen molar-refractivity contribution < 1.29 is 22.7 Å². The third-order valence-electron chi connectivity index (χ3n) is 3.56. The number of H-pyrrole nitrogens is 1. The average Bonchev–Trinajstić information content (AvgIpc) is 2.54. The van der Waals surface area contributed by atoms with E-state index in [0.29, 0.717) is 30.5 Å². The van der Waals surface area contributed by atoms with Crippen molar-refractivity contribution in [2.45, 2.75) is 18.6 Å². The molecule has 0 aromatic carbocycles. The van der Waals surface area contributed by atoms with Crippen molar-refractivity contribution in [1.29, 1.82) is 0 Å². The smallest absolute Gasteiger partial charge is 0.431 e. The molecule has 126 valence electrons. The van der Waals surface area contributed by atoms with Crippen molar-refractivity contribution in [3.8, 4) is 5.75 Å². The summed E-state index contributed by atoms with van der Waals surface area (Å²) in [6.45, 7) is 0.354. The van der Waals surface area contributed by atoms with Crippen LogP contribution in [0.2, 0.25) is 0 Å². The molecule has 2 aromatic heterocycles. The van der Waals surface area contributed by atoms with Crippen molar-refractivity contribution in [1.82, 2.24) is 15.3 Å². The number of carbonyl (C=O) groups is 1. The Morgan fingerprint density at radius 3 is 2.83 bits per heavy atom. The fourth-order valence-electron chi connectivity index (χ4n) is 2.40. The predicted octanol–water partition coefficient (Wildman–Crippen LogP) is 2.04. The lowest BCUT2D eigenvalue weighted by atomic mass is 10.1. The molecule has 6 nitrogen and oxygen atoms in total. The number of amides is 1.